The smallest absolute Gasteiger partial charge is 0.136 e. The number of hydrogen-bond donors (Lipinski definition) is 1. The third kappa shape index (κ3) is 4.35. The third-order valence-electron chi connectivity index (χ3n) is 2.88. The highest BCUT2D eigenvalue weighted by molar-refractivity contribution is 5.41. The van der Waals surface area contributed by atoms with Crippen LogP contribution in [0.1, 0.15) is 51.8 Å². The Bertz CT molecular complexity index is 484. The van der Waals surface area contributed by atoms with Crippen molar-refractivity contribution in [1.29, 1.82) is 0 Å². The van der Waals surface area contributed by atoms with Crippen LogP contribution in [0.3, 0.4) is 0 Å². The quantitative estimate of drug-likeness (QED) is 0.906. The highest BCUT2D eigenvalue weighted by Gasteiger charge is 2.20. The number of imidazole rings is 1. The summed E-state index contributed by atoms with van der Waals surface area (Å²) in [5, 5.41) is 3.51. The molecule has 0 spiro atoms. The Morgan fingerprint density at radius 2 is 1.89 bits per heavy atom. The lowest BCUT2D eigenvalue weighted by Gasteiger charge is -2.03. The maximum Gasteiger partial charge on any atom is 0.136 e. The van der Waals surface area contributed by atoms with Crippen molar-refractivity contribution in [2.24, 2.45) is 0 Å². The maximum atomic E-state index is 4.38. The van der Waals surface area contributed by atoms with Gasteiger partial charge in [-0.25, -0.2) is 4.98 Å². The van der Waals surface area contributed by atoms with Crippen molar-refractivity contribution < 1.29 is 0 Å². The Kier molecular flexibility index (Phi) is 6.57. The number of hydrogen-bond acceptors (Lipinski definition) is 2. The second kappa shape index (κ2) is 7.95. The molecule has 19 heavy (non-hydrogen) atoms. The van der Waals surface area contributed by atoms with Crippen LogP contribution in [-0.2, 0) is 6.54 Å². The molecule has 2 aromatic heterocycles. The zero-order chi connectivity index (χ0) is 14.3. The van der Waals surface area contributed by atoms with Gasteiger partial charge >= 0.3 is 0 Å². The lowest BCUT2D eigenvalue weighted by Crippen LogP contribution is -2.16. The molecule has 0 amide bonds. The van der Waals surface area contributed by atoms with E-state index < -0.39 is 0 Å². The summed E-state index contributed by atoms with van der Waals surface area (Å²) in [5.41, 5.74) is 3.56. The average molecular weight is 261 g/mol. The lowest BCUT2D eigenvalue weighted by molar-refractivity contribution is 0.670. The topological polar surface area (TPSA) is 29.3 Å². The molecule has 0 aliphatic heterocycles. The van der Waals surface area contributed by atoms with E-state index in [9.17, 15) is 0 Å². The van der Waals surface area contributed by atoms with Crippen LogP contribution in [0.25, 0.3) is 5.65 Å². The summed E-state index contributed by atoms with van der Waals surface area (Å²) in [5.74, 6) is 0. The minimum atomic E-state index is 0.750. The molecule has 1 aliphatic carbocycles. The molecule has 1 fully saturated rings. The zero-order valence-corrected chi connectivity index (χ0v) is 12.9. The molecule has 3 rings (SSSR count). The minimum absolute atomic E-state index is 0.750. The first-order valence-electron chi connectivity index (χ1n) is 7.49. The summed E-state index contributed by atoms with van der Waals surface area (Å²) in [7, 11) is 0. The molecule has 0 radical (unpaired) electrons. The molecule has 1 aliphatic rings. The standard InChI is InChI=1S/C12H15N3.2C2H6/c1-9-2-5-12-14-7-11(15(12)8-9)6-13-10-3-4-10;2*1-2/h2,5,7-8,10,13H,3-4,6H2,1H3;2*1-2H3. The predicted molar refractivity (Wildman–Crippen MR) is 82.5 cm³/mol. The monoisotopic (exact) mass is 261 g/mol. The van der Waals surface area contributed by atoms with Crippen molar-refractivity contribution in [2.75, 3.05) is 0 Å². The molecular weight excluding hydrogens is 234 g/mol. The fourth-order valence-electron chi connectivity index (χ4n) is 1.80. The van der Waals surface area contributed by atoms with E-state index in [1.54, 1.807) is 0 Å². The van der Waals surface area contributed by atoms with Gasteiger partial charge in [-0.2, -0.15) is 0 Å². The number of aromatic nitrogens is 2. The van der Waals surface area contributed by atoms with E-state index >= 15 is 0 Å². The van der Waals surface area contributed by atoms with Crippen LogP contribution in [0.2, 0.25) is 0 Å². The van der Waals surface area contributed by atoms with Crippen LogP contribution in [0.5, 0.6) is 0 Å². The van der Waals surface area contributed by atoms with Crippen LogP contribution in [-0.4, -0.2) is 15.4 Å². The summed E-state index contributed by atoms with van der Waals surface area (Å²) in [6, 6.07) is 4.91. The Labute approximate surface area is 117 Å². The summed E-state index contributed by atoms with van der Waals surface area (Å²) < 4.78 is 2.17. The maximum absolute atomic E-state index is 4.38. The third-order valence-corrected chi connectivity index (χ3v) is 2.88. The molecule has 0 saturated heterocycles. The van der Waals surface area contributed by atoms with E-state index in [0.717, 1.165) is 18.2 Å². The second-order valence-electron chi connectivity index (χ2n) is 4.34. The molecule has 0 unspecified atom stereocenters. The summed E-state index contributed by atoms with van der Waals surface area (Å²) in [6.45, 7) is 11.0. The molecule has 0 bridgehead atoms. The largest absolute Gasteiger partial charge is 0.308 e. The lowest BCUT2D eigenvalue weighted by atomic mass is 10.3. The SMILES string of the molecule is CC.CC.Cc1ccc2ncc(CNC3CC3)n2c1. The fraction of sp³-hybridized carbons (Fsp3) is 0.562. The predicted octanol–water partition coefficient (Wildman–Crippen LogP) is 3.95. The van der Waals surface area contributed by atoms with Crippen LogP contribution in [0.15, 0.2) is 24.5 Å². The van der Waals surface area contributed by atoms with Gasteiger partial charge in [-0.05, 0) is 31.4 Å². The van der Waals surface area contributed by atoms with E-state index in [-0.39, 0.29) is 0 Å². The van der Waals surface area contributed by atoms with Crippen molar-refractivity contribution in [2.45, 2.75) is 60.0 Å². The zero-order valence-electron chi connectivity index (χ0n) is 12.9. The van der Waals surface area contributed by atoms with Gasteiger partial charge in [-0.15, -0.1) is 0 Å². The van der Waals surface area contributed by atoms with E-state index in [4.69, 9.17) is 0 Å². The molecule has 0 aromatic carbocycles. The first-order valence-corrected chi connectivity index (χ1v) is 7.49. The number of fused-ring (bicyclic) bond motifs is 1. The molecular formula is C16H27N3. The van der Waals surface area contributed by atoms with E-state index in [2.05, 4.69) is 40.0 Å². The van der Waals surface area contributed by atoms with Crippen molar-refractivity contribution in [3.8, 4) is 0 Å². The highest BCUT2D eigenvalue weighted by atomic mass is 15.0. The molecule has 2 heterocycles. The Hall–Kier alpha value is -1.35. The van der Waals surface area contributed by atoms with E-state index in [1.165, 1.54) is 24.1 Å². The average Bonchev–Trinajstić information content (AvgIpc) is 3.22. The first-order chi connectivity index (χ1) is 9.33. The first kappa shape index (κ1) is 15.7. The van der Waals surface area contributed by atoms with Gasteiger partial charge in [0.2, 0.25) is 0 Å². The Balaban J connectivity index is 0.000000415. The van der Waals surface area contributed by atoms with Gasteiger partial charge in [0.05, 0.1) is 11.9 Å². The van der Waals surface area contributed by atoms with Gasteiger partial charge in [0.1, 0.15) is 5.65 Å². The fourth-order valence-corrected chi connectivity index (χ4v) is 1.80. The molecule has 2 aromatic rings. The molecule has 3 heteroatoms. The van der Waals surface area contributed by atoms with Crippen molar-refractivity contribution >= 4 is 5.65 Å². The normalized spacial score (nSPS) is 13.3. The van der Waals surface area contributed by atoms with Gasteiger partial charge in [-0.3, -0.25) is 0 Å². The van der Waals surface area contributed by atoms with Gasteiger partial charge < -0.3 is 9.72 Å². The number of nitrogens with zero attached hydrogens (tertiary/aromatic N) is 2. The van der Waals surface area contributed by atoms with Crippen molar-refractivity contribution in [1.82, 2.24) is 14.7 Å². The molecule has 106 valence electrons. The summed E-state index contributed by atoms with van der Waals surface area (Å²) in [6.07, 6.45) is 6.77. The van der Waals surface area contributed by atoms with E-state index in [1.807, 2.05) is 33.9 Å². The van der Waals surface area contributed by atoms with Crippen LogP contribution < -0.4 is 5.32 Å². The van der Waals surface area contributed by atoms with E-state index in [0.29, 0.717) is 0 Å². The number of pyridine rings is 1. The second-order valence-corrected chi connectivity index (χ2v) is 4.34. The number of rotatable bonds is 3. The number of aryl methyl sites for hydroxylation is 1. The number of nitrogens with one attached hydrogen (secondary N) is 1. The molecule has 1 saturated carbocycles. The van der Waals surface area contributed by atoms with Gasteiger partial charge in [0.25, 0.3) is 0 Å². The van der Waals surface area contributed by atoms with Crippen LogP contribution in [0.4, 0.5) is 0 Å². The highest BCUT2D eigenvalue weighted by Crippen LogP contribution is 2.19. The van der Waals surface area contributed by atoms with Crippen LogP contribution in [0, 0.1) is 6.92 Å². The molecule has 1 N–H and O–H groups in total. The van der Waals surface area contributed by atoms with Gasteiger partial charge in [0.15, 0.2) is 0 Å². The molecule has 3 nitrogen and oxygen atoms in total. The summed E-state index contributed by atoms with van der Waals surface area (Å²) in [4.78, 5) is 4.38. The molecule has 0 atom stereocenters. The summed E-state index contributed by atoms with van der Waals surface area (Å²) >= 11 is 0. The van der Waals surface area contributed by atoms with Crippen LogP contribution >= 0.6 is 0 Å². The van der Waals surface area contributed by atoms with Crippen molar-refractivity contribution in [3.05, 3.63) is 35.8 Å². The van der Waals surface area contributed by atoms with Gasteiger partial charge in [-0.1, -0.05) is 33.8 Å². The minimum Gasteiger partial charge on any atom is -0.308 e. The Morgan fingerprint density at radius 3 is 2.53 bits per heavy atom. The Morgan fingerprint density at radius 1 is 1.21 bits per heavy atom. The van der Waals surface area contributed by atoms with Gasteiger partial charge in [0, 0.05) is 18.8 Å². The van der Waals surface area contributed by atoms with Crippen molar-refractivity contribution in [3.63, 3.8) is 0 Å².